The molecular formula is C14H13NO2. The minimum absolute atomic E-state index is 0.0338. The number of hydrogen-bond donors (Lipinski definition) is 0. The standard InChI is InChI=1S/C14H13NO2/c1-16-13-10-6-5-9-12(13)14-15(17-14)11-7-3-2-4-8-11/h2-10,14H,1H3. The Morgan fingerprint density at radius 3 is 2.47 bits per heavy atom. The maximum atomic E-state index is 5.58. The van der Waals surface area contributed by atoms with Crippen molar-refractivity contribution in [2.24, 2.45) is 0 Å². The molecule has 3 heteroatoms. The Kier molecular flexibility index (Phi) is 2.46. The summed E-state index contributed by atoms with van der Waals surface area (Å²) in [5, 5.41) is 1.87. The minimum atomic E-state index is -0.0338. The molecule has 3 rings (SSSR count). The van der Waals surface area contributed by atoms with Crippen molar-refractivity contribution in [2.75, 3.05) is 12.2 Å². The molecule has 0 amide bonds. The molecule has 17 heavy (non-hydrogen) atoms. The van der Waals surface area contributed by atoms with Crippen molar-refractivity contribution in [1.82, 2.24) is 0 Å². The van der Waals surface area contributed by atoms with Crippen LogP contribution >= 0.6 is 0 Å². The van der Waals surface area contributed by atoms with E-state index in [-0.39, 0.29) is 6.23 Å². The first-order chi connectivity index (χ1) is 8.40. The molecule has 2 aromatic carbocycles. The predicted molar refractivity (Wildman–Crippen MR) is 65.7 cm³/mol. The van der Waals surface area contributed by atoms with Gasteiger partial charge in [-0.25, -0.2) is 9.90 Å². The average Bonchev–Trinajstić information content (AvgIpc) is 3.20. The molecule has 1 aliphatic heterocycles. The van der Waals surface area contributed by atoms with E-state index in [1.807, 2.05) is 59.7 Å². The monoisotopic (exact) mass is 227 g/mol. The van der Waals surface area contributed by atoms with Gasteiger partial charge in [0, 0.05) is 5.56 Å². The third kappa shape index (κ3) is 1.85. The van der Waals surface area contributed by atoms with Crippen LogP contribution in [0.5, 0.6) is 5.75 Å². The molecule has 0 radical (unpaired) electrons. The number of hydroxylamine groups is 1. The van der Waals surface area contributed by atoms with Crippen LogP contribution in [0.25, 0.3) is 0 Å². The zero-order valence-electron chi connectivity index (χ0n) is 9.54. The van der Waals surface area contributed by atoms with E-state index in [9.17, 15) is 0 Å². The van der Waals surface area contributed by atoms with Crippen LogP contribution in [-0.2, 0) is 4.84 Å². The second-order valence-electron chi connectivity index (χ2n) is 3.86. The summed E-state index contributed by atoms with van der Waals surface area (Å²) in [7, 11) is 1.67. The van der Waals surface area contributed by atoms with Gasteiger partial charge >= 0.3 is 0 Å². The summed E-state index contributed by atoms with van der Waals surface area (Å²) in [5.74, 6) is 0.857. The minimum Gasteiger partial charge on any atom is -0.496 e. The van der Waals surface area contributed by atoms with E-state index in [0.717, 1.165) is 17.0 Å². The molecule has 0 saturated carbocycles. The molecule has 1 aliphatic rings. The van der Waals surface area contributed by atoms with Crippen LogP contribution in [0.1, 0.15) is 11.8 Å². The molecule has 3 nitrogen and oxygen atoms in total. The number of methoxy groups -OCH3 is 1. The summed E-state index contributed by atoms with van der Waals surface area (Å²) in [6.45, 7) is 0. The summed E-state index contributed by atoms with van der Waals surface area (Å²) in [5.41, 5.74) is 2.11. The zero-order chi connectivity index (χ0) is 11.7. The van der Waals surface area contributed by atoms with Crippen molar-refractivity contribution in [3.63, 3.8) is 0 Å². The lowest BCUT2D eigenvalue weighted by Crippen LogP contribution is -1.96. The third-order valence-electron chi connectivity index (χ3n) is 2.80. The highest BCUT2D eigenvalue weighted by molar-refractivity contribution is 5.51. The van der Waals surface area contributed by atoms with E-state index in [2.05, 4.69) is 0 Å². The summed E-state index contributed by atoms with van der Waals surface area (Å²) < 4.78 is 5.32. The molecule has 1 saturated heterocycles. The SMILES string of the molecule is COc1ccccc1C1ON1c1ccccc1. The molecule has 1 fully saturated rings. The quantitative estimate of drug-likeness (QED) is 0.753. The Balaban J connectivity index is 1.85. The molecule has 1 heterocycles. The van der Waals surface area contributed by atoms with Gasteiger partial charge in [-0.05, 0) is 18.2 Å². The summed E-state index contributed by atoms with van der Waals surface area (Å²) in [6, 6.07) is 17.9. The fraction of sp³-hybridized carbons (Fsp3) is 0.143. The molecule has 0 aromatic heterocycles. The molecule has 0 bridgehead atoms. The number of ether oxygens (including phenoxy) is 1. The first kappa shape index (κ1) is 10.2. The maximum Gasteiger partial charge on any atom is 0.210 e. The molecular weight excluding hydrogens is 214 g/mol. The molecule has 2 aromatic rings. The number of para-hydroxylation sites is 2. The van der Waals surface area contributed by atoms with Crippen LogP contribution in [0.2, 0.25) is 0 Å². The van der Waals surface area contributed by atoms with Gasteiger partial charge in [-0.2, -0.15) is 0 Å². The van der Waals surface area contributed by atoms with Gasteiger partial charge in [0.2, 0.25) is 6.23 Å². The normalized spacial score (nSPS) is 17.9. The van der Waals surface area contributed by atoms with E-state index in [0.29, 0.717) is 0 Å². The number of anilines is 1. The number of nitrogens with zero attached hydrogens (tertiary/aromatic N) is 1. The number of rotatable bonds is 3. The van der Waals surface area contributed by atoms with Gasteiger partial charge in [-0.3, -0.25) is 0 Å². The Labute approximate surface area is 100 Å². The summed E-state index contributed by atoms with van der Waals surface area (Å²) >= 11 is 0. The Hall–Kier alpha value is -2.00. The molecule has 1 unspecified atom stereocenters. The van der Waals surface area contributed by atoms with Crippen LogP contribution in [0.3, 0.4) is 0 Å². The molecule has 1 atom stereocenters. The van der Waals surface area contributed by atoms with Crippen molar-refractivity contribution in [3.05, 3.63) is 60.2 Å². The van der Waals surface area contributed by atoms with Gasteiger partial charge in [-0.15, -0.1) is 0 Å². The van der Waals surface area contributed by atoms with Crippen molar-refractivity contribution < 1.29 is 9.57 Å². The molecule has 86 valence electrons. The fourth-order valence-electron chi connectivity index (χ4n) is 1.91. The van der Waals surface area contributed by atoms with Crippen LogP contribution in [0.15, 0.2) is 54.6 Å². The van der Waals surface area contributed by atoms with Gasteiger partial charge in [0.05, 0.1) is 12.8 Å². The fourth-order valence-corrected chi connectivity index (χ4v) is 1.91. The maximum absolute atomic E-state index is 5.58. The van der Waals surface area contributed by atoms with E-state index in [1.54, 1.807) is 7.11 Å². The van der Waals surface area contributed by atoms with Crippen LogP contribution < -0.4 is 9.80 Å². The van der Waals surface area contributed by atoms with Gasteiger partial charge in [0.25, 0.3) is 0 Å². The van der Waals surface area contributed by atoms with Crippen molar-refractivity contribution in [3.8, 4) is 5.75 Å². The largest absolute Gasteiger partial charge is 0.496 e. The second-order valence-corrected chi connectivity index (χ2v) is 3.86. The van der Waals surface area contributed by atoms with Gasteiger partial charge in [0.15, 0.2) is 0 Å². The topological polar surface area (TPSA) is 24.8 Å². The summed E-state index contributed by atoms with van der Waals surface area (Å²) in [4.78, 5) is 5.58. The lowest BCUT2D eigenvalue weighted by Gasteiger charge is -2.05. The lowest BCUT2D eigenvalue weighted by atomic mass is 10.2. The van der Waals surface area contributed by atoms with Crippen LogP contribution in [0.4, 0.5) is 5.69 Å². The third-order valence-corrected chi connectivity index (χ3v) is 2.80. The highest BCUT2D eigenvalue weighted by atomic mass is 16.8. The summed E-state index contributed by atoms with van der Waals surface area (Å²) in [6.07, 6.45) is -0.0338. The Morgan fingerprint density at radius 1 is 1.00 bits per heavy atom. The van der Waals surface area contributed by atoms with Crippen molar-refractivity contribution in [1.29, 1.82) is 0 Å². The molecule has 0 aliphatic carbocycles. The number of benzene rings is 2. The van der Waals surface area contributed by atoms with E-state index >= 15 is 0 Å². The zero-order valence-corrected chi connectivity index (χ0v) is 9.54. The average molecular weight is 227 g/mol. The van der Waals surface area contributed by atoms with Gasteiger partial charge in [0.1, 0.15) is 5.75 Å². The van der Waals surface area contributed by atoms with Crippen molar-refractivity contribution >= 4 is 5.69 Å². The highest BCUT2D eigenvalue weighted by Crippen LogP contribution is 2.44. The first-order valence-electron chi connectivity index (χ1n) is 5.54. The molecule has 0 N–H and O–H groups in total. The first-order valence-corrected chi connectivity index (χ1v) is 5.54. The van der Waals surface area contributed by atoms with Crippen LogP contribution in [-0.4, -0.2) is 7.11 Å². The van der Waals surface area contributed by atoms with Gasteiger partial charge in [-0.1, -0.05) is 36.4 Å². The van der Waals surface area contributed by atoms with Gasteiger partial charge < -0.3 is 4.74 Å². The number of hydrogen-bond acceptors (Lipinski definition) is 3. The Bertz CT molecular complexity index is 513. The molecule has 0 spiro atoms. The van der Waals surface area contributed by atoms with Crippen LogP contribution in [0, 0.1) is 0 Å². The van der Waals surface area contributed by atoms with E-state index in [1.165, 1.54) is 0 Å². The Morgan fingerprint density at radius 2 is 1.71 bits per heavy atom. The highest BCUT2D eigenvalue weighted by Gasteiger charge is 2.40. The van der Waals surface area contributed by atoms with E-state index in [4.69, 9.17) is 9.57 Å². The predicted octanol–water partition coefficient (Wildman–Crippen LogP) is 3.15. The second kappa shape index (κ2) is 4.11. The lowest BCUT2D eigenvalue weighted by molar-refractivity contribution is 0.378. The smallest absolute Gasteiger partial charge is 0.210 e. The van der Waals surface area contributed by atoms with E-state index < -0.39 is 0 Å². The van der Waals surface area contributed by atoms with Crippen molar-refractivity contribution in [2.45, 2.75) is 6.23 Å².